The maximum atomic E-state index is 11.7. The molecule has 0 N–H and O–H groups in total. The van der Waals surface area contributed by atoms with Crippen molar-refractivity contribution in [1.82, 2.24) is 0 Å². The van der Waals surface area contributed by atoms with Gasteiger partial charge in [-0.15, -0.1) is 6.58 Å². The van der Waals surface area contributed by atoms with E-state index in [0.29, 0.717) is 6.42 Å². The summed E-state index contributed by atoms with van der Waals surface area (Å²) >= 11 is 0. The van der Waals surface area contributed by atoms with E-state index in [0.717, 1.165) is 37.2 Å². The summed E-state index contributed by atoms with van der Waals surface area (Å²) in [5, 5.41) is 0. The van der Waals surface area contributed by atoms with Crippen LogP contribution in [0.25, 0.3) is 0 Å². The molecular formula is C15H20O2. The minimum absolute atomic E-state index is 0.157. The van der Waals surface area contributed by atoms with E-state index in [1.807, 2.05) is 24.3 Å². The van der Waals surface area contributed by atoms with E-state index in [1.54, 1.807) is 6.08 Å². The summed E-state index contributed by atoms with van der Waals surface area (Å²) in [7, 11) is 0. The van der Waals surface area contributed by atoms with Gasteiger partial charge in [0.2, 0.25) is 0 Å². The molecule has 1 aromatic carbocycles. The van der Waals surface area contributed by atoms with Crippen molar-refractivity contribution in [3.05, 3.63) is 42.5 Å². The third-order valence-electron chi connectivity index (χ3n) is 2.52. The molecular weight excluding hydrogens is 212 g/mol. The van der Waals surface area contributed by atoms with Gasteiger partial charge in [-0.1, -0.05) is 19.4 Å². The van der Waals surface area contributed by atoms with Crippen molar-refractivity contribution >= 4 is 5.78 Å². The molecule has 0 aliphatic heterocycles. The molecule has 2 nitrogen and oxygen atoms in total. The van der Waals surface area contributed by atoms with E-state index in [-0.39, 0.29) is 5.78 Å². The number of ether oxygens (including phenoxy) is 1. The summed E-state index contributed by atoms with van der Waals surface area (Å²) in [6.07, 6.45) is 5.20. The van der Waals surface area contributed by atoms with Crippen LogP contribution in [0.15, 0.2) is 36.9 Å². The molecule has 0 unspecified atom stereocenters. The summed E-state index contributed by atoms with van der Waals surface area (Å²) in [6.45, 7) is 6.48. The van der Waals surface area contributed by atoms with Gasteiger partial charge in [-0.25, -0.2) is 0 Å². The molecule has 0 radical (unpaired) electrons. The van der Waals surface area contributed by atoms with Gasteiger partial charge in [0, 0.05) is 12.0 Å². The molecule has 92 valence electrons. The Bertz CT molecular complexity index is 352. The first-order valence-corrected chi connectivity index (χ1v) is 6.15. The van der Waals surface area contributed by atoms with Crippen LogP contribution in [0.2, 0.25) is 0 Å². The quantitative estimate of drug-likeness (QED) is 0.384. The molecule has 0 saturated carbocycles. The third kappa shape index (κ3) is 4.85. The highest BCUT2D eigenvalue weighted by Crippen LogP contribution is 2.14. The molecule has 0 fully saturated rings. The topological polar surface area (TPSA) is 26.3 Å². The number of Topliss-reactive ketones (excluding diaryl/α,β-unsaturated/α-hetero) is 1. The van der Waals surface area contributed by atoms with Crippen LogP contribution < -0.4 is 4.74 Å². The van der Waals surface area contributed by atoms with Crippen molar-refractivity contribution in [2.45, 2.75) is 32.6 Å². The minimum Gasteiger partial charge on any atom is -0.494 e. The number of carbonyl (C=O) groups is 1. The highest BCUT2D eigenvalue weighted by atomic mass is 16.5. The van der Waals surface area contributed by atoms with Crippen molar-refractivity contribution in [2.75, 3.05) is 6.61 Å². The Kier molecular flexibility index (Phi) is 6.08. The summed E-state index contributed by atoms with van der Waals surface area (Å²) in [5.74, 6) is 0.990. The molecule has 0 aliphatic rings. The van der Waals surface area contributed by atoms with E-state index >= 15 is 0 Å². The standard InChI is InChI=1S/C15H20O2/c1-3-5-7-15(16)13-8-10-14(11-9-13)17-12-6-4-2/h3,8-11H,1,4-7,12H2,2H3. The number of rotatable bonds is 8. The summed E-state index contributed by atoms with van der Waals surface area (Å²) in [4.78, 5) is 11.7. The lowest BCUT2D eigenvalue weighted by Gasteiger charge is -2.05. The molecule has 2 heteroatoms. The fourth-order valence-corrected chi connectivity index (χ4v) is 1.45. The van der Waals surface area contributed by atoms with Crippen molar-refractivity contribution in [1.29, 1.82) is 0 Å². The van der Waals surface area contributed by atoms with Gasteiger partial charge >= 0.3 is 0 Å². The van der Waals surface area contributed by atoms with Crippen molar-refractivity contribution in [3.63, 3.8) is 0 Å². The van der Waals surface area contributed by atoms with Gasteiger partial charge in [0.25, 0.3) is 0 Å². The van der Waals surface area contributed by atoms with E-state index in [2.05, 4.69) is 13.5 Å². The zero-order valence-corrected chi connectivity index (χ0v) is 10.4. The van der Waals surface area contributed by atoms with Crippen molar-refractivity contribution in [3.8, 4) is 5.75 Å². The second kappa shape index (κ2) is 7.66. The van der Waals surface area contributed by atoms with Gasteiger partial charge in [0.05, 0.1) is 6.61 Å². The minimum atomic E-state index is 0.157. The normalized spacial score (nSPS) is 9.94. The van der Waals surface area contributed by atoms with Crippen molar-refractivity contribution < 1.29 is 9.53 Å². The number of ketones is 1. The predicted octanol–water partition coefficient (Wildman–Crippen LogP) is 4.01. The van der Waals surface area contributed by atoms with Gasteiger partial charge in [-0.2, -0.15) is 0 Å². The molecule has 1 rings (SSSR count). The molecule has 0 aliphatic carbocycles. The number of hydrogen-bond acceptors (Lipinski definition) is 2. The van der Waals surface area contributed by atoms with E-state index < -0.39 is 0 Å². The molecule has 0 heterocycles. The van der Waals surface area contributed by atoms with Crippen LogP contribution >= 0.6 is 0 Å². The zero-order chi connectivity index (χ0) is 12.5. The Balaban J connectivity index is 2.49. The first-order chi connectivity index (χ1) is 8.27. The van der Waals surface area contributed by atoms with Crippen molar-refractivity contribution in [2.24, 2.45) is 0 Å². The molecule has 0 amide bonds. The SMILES string of the molecule is C=CCCC(=O)c1ccc(OCCCC)cc1. The van der Waals surface area contributed by atoms with Gasteiger partial charge in [-0.05, 0) is 37.1 Å². The highest BCUT2D eigenvalue weighted by Gasteiger charge is 2.04. The van der Waals surface area contributed by atoms with Crippen LogP contribution in [-0.2, 0) is 0 Å². The first-order valence-electron chi connectivity index (χ1n) is 6.15. The average molecular weight is 232 g/mol. The lowest BCUT2D eigenvalue weighted by atomic mass is 10.1. The van der Waals surface area contributed by atoms with Crippen LogP contribution in [0.4, 0.5) is 0 Å². The molecule has 0 saturated heterocycles. The van der Waals surface area contributed by atoms with Gasteiger partial charge < -0.3 is 4.74 Å². The number of carbonyl (C=O) groups excluding carboxylic acids is 1. The van der Waals surface area contributed by atoms with Gasteiger partial charge in [-0.3, -0.25) is 4.79 Å². The average Bonchev–Trinajstić information content (AvgIpc) is 2.37. The van der Waals surface area contributed by atoms with Crippen LogP contribution in [0.3, 0.4) is 0 Å². The van der Waals surface area contributed by atoms with Gasteiger partial charge in [0.15, 0.2) is 5.78 Å². The van der Waals surface area contributed by atoms with E-state index in [4.69, 9.17) is 4.74 Å². The summed E-state index contributed by atoms with van der Waals surface area (Å²) in [5.41, 5.74) is 0.745. The monoisotopic (exact) mass is 232 g/mol. The number of hydrogen-bond donors (Lipinski definition) is 0. The predicted molar refractivity (Wildman–Crippen MR) is 70.6 cm³/mol. The summed E-state index contributed by atoms with van der Waals surface area (Å²) in [6, 6.07) is 7.37. The molecule has 0 bridgehead atoms. The molecule has 0 atom stereocenters. The van der Waals surface area contributed by atoms with Gasteiger partial charge in [0.1, 0.15) is 5.75 Å². The van der Waals surface area contributed by atoms with Crippen LogP contribution in [-0.4, -0.2) is 12.4 Å². The third-order valence-corrected chi connectivity index (χ3v) is 2.52. The van der Waals surface area contributed by atoms with Crippen LogP contribution in [0.1, 0.15) is 43.0 Å². The lowest BCUT2D eigenvalue weighted by molar-refractivity contribution is 0.0983. The number of allylic oxidation sites excluding steroid dienone is 1. The number of benzene rings is 1. The van der Waals surface area contributed by atoms with E-state index in [9.17, 15) is 4.79 Å². The van der Waals surface area contributed by atoms with E-state index in [1.165, 1.54) is 0 Å². The fraction of sp³-hybridized carbons (Fsp3) is 0.400. The van der Waals surface area contributed by atoms with Crippen LogP contribution in [0, 0.1) is 0 Å². The smallest absolute Gasteiger partial charge is 0.163 e. The first kappa shape index (κ1) is 13.5. The molecule has 17 heavy (non-hydrogen) atoms. The maximum absolute atomic E-state index is 11.7. The Hall–Kier alpha value is -1.57. The Labute approximate surface area is 103 Å². The zero-order valence-electron chi connectivity index (χ0n) is 10.4. The molecule has 0 spiro atoms. The lowest BCUT2D eigenvalue weighted by Crippen LogP contribution is -1.99. The Morgan fingerprint density at radius 2 is 2.06 bits per heavy atom. The Morgan fingerprint density at radius 1 is 1.35 bits per heavy atom. The highest BCUT2D eigenvalue weighted by molar-refractivity contribution is 5.96. The molecule has 0 aromatic heterocycles. The van der Waals surface area contributed by atoms with Crippen LogP contribution in [0.5, 0.6) is 5.75 Å². The maximum Gasteiger partial charge on any atom is 0.163 e. The summed E-state index contributed by atoms with van der Waals surface area (Å²) < 4.78 is 5.53. The molecule has 1 aromatic rings. The Morgan fingerprint density at radius 3 is 2.65 bits per heavy atom. The fourth-order valence-electron chi connectivity index (χ4n) is 1.45. The second-order valence-corrected chi connectivity index (χ2v) is 3.98. The largest absolute Gasteiger partial charge is 0.494 e. The number of unbranched alkanes of at least 4 members (excludes halogenated alkanes) is 1. The second-order valence-electron chi connectivity index (χ2n) is 3.98.